The second-order valence-corrected chi connectivity index (χ2v) is 5.99. The third-order valence-electron chi connectivity index (χ3n) is 3.84. The van der Waals surface area contributed by atoms with Crippen LogP contribution in [0.2, 0.25) is 0 Å². The van der Waals surface area contributed by atoms with Crippen LogP contribution in [0.3, 0.4) is 0 Å². The summed E-state index contributed by atoms with van der Waals surface area (Å²) in [6, 6.07) is 14.5. The van der Waals surface area contributed by atoms with E-state index < -0.39 is 0 Å². The summed E-state index contributed by atoms with van der Waals surface area (Å²) in [6.45, 7) is 5.16. The Morgan fingerprint density at radius 1 is 1.04 bits per heavy atom. The van der Waals surface area contributed by atoms with Gasteiger partial charge in [-0.05, 0) is 48.7 Å². The minimum absolute atomic E-state index is 0. The van der Waals surface area contributed by atoms with Crippen LogP contribution in [0.1, 0.15) is 18.1 Å². The first-order valence-electron chi connectivity index (χ1n) is 9.18. The molecule has 0 atom stereocenters. The number of nitrogens with one attached hydrogen (secondary N) is 2. The summed E-state index contributed by atoms with van der Waals surface area (Å²) in [5, 5.41) is 6.54. The molecule has 0 spiro atoms. The Kier molecular flexibility index (Phi) is 12.2. The Labute approximate surface area is 183 Å². The third-order valence-corrected chi connectivity index (χ3v) is 3.84. The van der Waals surface area contributed by atoms with E-state index in [2.05, 4.69) is 15.6 Å². The van der Waals surface area contributed by atoms with Gasteiger partial charge in [0.2, 0.25) is 0 Å². The molecule has 2 aromatic rings. The average Bonchev–Trinajstić information content (AvgIpc) is 2.68. The van der Waals surface area contributed by atoms with E-state index in [0.29, 0.717) is 19.8 Å². The summed E-state index contributed by atoms with van der Waals surface area (Å²) in [6.07, 6.45) is 0.799. The maximum absolute atomic E-state index is 13.0. The van der Waals surface area contributed by atoms with Crippen LogP contribution in [0, 0.1) is 5.82 Å². The summed E-state index contributed by atoms with van der Waals surface area (Å²) < 4.78 is 23.6. The van der Waals surface area contributed by atoms with Gasteiger partial charge in [-0.25, -0.2) is 9.38 Å². The van der Waals surface area contributed by atoms with Gasteiger partial charge in [0.1, 0.15) is 18.2 Å². The van der Waals surface area contributed by atoms with E-state index in [9.17, 15) is 4.39 Å². The van der Waals surface area contributed by atoms with E-state index >= 15 is 0 Å². The van der Waals surface area contributed by atoms with Crippen LogP contribution in [0.25, 0.3) is 0 Å². The molecule has 7 heteroatoms. The average molecular weight is 501 g/mol. The number of guanidine groups is 1. The van der Waals surface area contributed by atoms with Gasteiger partial charge in [0.25, 0.3) is 0 Å². The van der Waals surface area contributed by atoms with Crippen LogP contribution >= 0.6 is 24.0 Å². The fraction of sp³-hybridized carbons (Fsp3) is 0.381. The molecule has 5 nitrogen and oxygen atoms in total. The highest BCUT2D eigenvalue weighted by atomic mass is 127. The molecule has 0 aliphatic rings. The number of benzene rings is 2. The number of hydrogen-bond donors (Lipinski definition) is 2. The number of rotatable bonds is 10. The van der Waals surface area contributed by atoms with Crippen molar-refractivity contribution in [3.8, 4) is 5.75 Å². The summed E-state index contributed by atoms with van der Waals surface area (Å²) in [5.74, 6) is 1.36. The number of nitrogens with zero attached hydrogens (tertiary/aromatic N) is 1. The lowest BCUT2D eigenvalue weighted by Gasteiger charge is -2.12. The minimum Gasteiger partial charge on any atom is -0.491 e. The molecule has 0 aliphatic heterocycles. The van der Waals surface area contributed by atoms with E-state index in [0.717, 1.165) is 42.3 Å². The van der Waals surface area contributed by atoms with E-state index in [-0.39, 0.29) is 29.8 Å². The summed E-state index contributed by atoms with van der Waals surface area (Å²) >= 11 is 0. The number of hydrogen-bond acceptors (Lipinski definition) is 3. The molecule has 2 rings (SSSR count). The third kappa shape index (κ3) is 9.36. The van der Waals surface area contributed by atoms with Crippen molar-refractivity contribution in [2.75, 3.05) is 33.4 Å². The van der Waals surface area contributed by atoms with Crippen molar-refractivity contribution < 1.29 is 13.9 Å². The predicted octanol–water partition coefficient (Wildman–Crippen LogP) is 3.77. The molecule has 0 saturated heterocycles. The molecule has 0 radical (unpaired) electrons. The zero-order valence-corrected chi connectivity index (χ0v) is 18.7. The highest BCUT2D eigenvalue weighted by Crippen LogP contribution is 2.14. The van der Waals surface area contributed by atoms with Gasteiger partial charge in [-0.15, -0.1) is 24.0 Å². The molecule has 0 heterocycles. The molecule has 0 amide bonds. The number of aliphatic imine (C=N–C) groups is 1. The van der Waals surface area contributed by atoms with Crippen molar-refractivity contribution in [3.63, 3.8) is 0 Å². The van der Waals surface area contributed by atoms with Crippen molar-refractivity contribution in [1.29, 1.82) is 0 Å². The summed E-state index contributed by atoms with van der Waals surface area (Å²) in [5.41, 5.74) is 2.15. The molecular weight excluding hydrogens is 472 g/mol. The normalized spacial score (nSPS) is 10.9. The van der Waals surface area contributed by atoms with Crippen molar-refractivity contribution in [3.05, 3.63) is 65.5 Å². The summed E-state index contributed by atoms with van der Waals surface area (Å²) in [4.78, 5) is 4.62. The largest absolute Gasteiger partial charge is 0.491 e. The Morgan fingerprint density at radius 3 is 2.54 bits per heavy atom. The van der Waals surface area contributed by atoms with E-state index in [1.165, 1.54) is 12.1 Å². The molecule has 28 heavy (non-hydrogen) atoms. The first kappa shape index (κ1) is 24.2. The molecule has 154 valence electrons. The van der Waals surface area contributed by atoms with E-state index in [1.807, 2.05) is 31.2 Å². The Balaban J connectivity index is 0.00000392. The second-order valence-electron chi connectivity index (χ2n) is 5.99. The van der Waals surface area contributed by atoms with Crippen LogP contribution in [-0.4, -0.2) is 39.4 Å². The lowest BCUT2D eigenvalue weighted by Crippen LogP contribution is -2.38. The quantitative estimate of drug-likeness (QED) is 0.225. The SMILES string of the molecule is CCNC(=NCc1cccc(OCCOC)c1)NCCc1ccc(F)cc1.I. The first-order chi connectivity index (χ1) is 13.2. The lowest BCUT2D eigenvalue weighted by molar-refractivity contribution is 0.146. The van der Waals surface area contributed by atoms with Crippen LogP contribution < -0.4 is 15.4 Å². The van der Waals surface area contributed by atoms with E-state index in [1.54, 1.807) is 19.2 Å². The van der Waals surface area contributed by atoms with Crippen LogP contribution in [0.5, 0.6) is 5.75 Å². The molecule has 0 saturated carbocycles. The monoisotopic (exact) mass is 501 g/mol. The van der Waals surface area contributed by atoms with Gasteiger partial charge in [-0.3, -0.25) is 0 Å². The maximum atomic E-state index is 13.0. The Morgan fingerprint density at radius 2 is 1.82 bits per heavy atom. The van der Waals surface area contributed by atoms with Gasteiger partial charge in [-0.1, -0.05) is 24.3 Å². The van der Waals surface area contributed by atoms with Gasteiger partial charge >= 0.3 is 0 Å². The fourth-order valence-corrected chi connectivity index (χ4v) is 2.46. The maximum Gasteiger partial charge on any atom is 0.191 e. The van der Waals surface area contributed by atoms with Gasteiger partial charge in [0.05, 0.1) is 13.2 Å². The minimum atomic E-state index is -0.213. The smallest absolute Gasteiger partial charge is 0.191 e. The molecule has 0 aliphatic carbocycles. The highest BCUT2D eigenvalue weighted by Gasteiger charge is 2.01. The Hall–Kier alpha value is -1.87. The van der Waals surface area contributed by atoms with Crippen molar-refractivity contribution in [2.45, 2.75) is 19.9 Å². The zero-order valence-electron chi connectivity index (χ0n) is 16.4. The zero-order chi connectivity index (χ0) is 19.3. The molecule has 2 aromatic carbocycles. The molecule has 0 fully saturated rings. The van der Waals surface area contributed by atoms with Gasteiger partial charge in [-0.2, -0.15) is 0 Å². The molecule has 0 unspecified atom stereocenters. The van der Waals surface area contributed by atoms with Crippen LogP contribution in [-0.2, 0) is 17.7 Å². The van der Waals surface area contributed by atoms with E-state index in [4.69, 9.17) is 9.47 Å². The van der Waals surface area contributed by atoms with Crippen LogP contribution in [0.15, 0.2) is 53.5 Å². The number of ether oxygens (including phenoxy) is 2. The molecule has 0 bridgehead atoms. The standard InChI is InChI=1S/C21H28FN3O2.HI/c1-3-23-21(24-12-11-17-7-9-19(22)10-8-17)25-16-18-5-4-6-20(15-18)27-14-13-26-2;/h4-10,15H,3,11-14,16H2,1-2H3,(H2,23,24,25);1H. The van der Waals surface area contributed by atoms with Crippen molar-refractivity contribution in [1.82, 2.24) is 10.6 Å². The van der Waals surface area contributed by atoms with Crippen molar-refractivity contribution in [2.24, 2.45) is 4.99 Å². The number of methoxy groups -OCH3 is 1. The molecule has 0 aromatic heterocycles. The predicted molar refractivity (Wildman–Crippen MR) is 122 cm³/mol. The van der Waals surface area contributed by atoms with Crippen LogP contribution in [0.4, 0.5) is 4.39 Å². The topological polar surface area (TPSA) is 54.9 Å². The second kappa shape index (κ2) is 14.2. The van der Waals surface area contributed by atoms with Gasteiger partial charge in [0, 0.05) is 20.2 Å². The Bertz CT molecular complexity index is 711. The first-order valence-corrected chi connectivity index (χ1v) is 9.18. The highest BCUT2D eigenvalue weighted by molar-refractivity contribution is 14.0. The van der Waals surface area contributed by atoms with Crippen molar-refractivity contribution >= 4 is 29.9 Å². The fourth-order valence-electron chi connectivity index (χ4n) is 2.46. The number of halogens is 2. The molecule has 2 N–H and O–H groups in total. The molecular formula is C21H29FIN3O2. The van der Waals surface area contributed by atoms with Gasteiger partial charge in [0.15, 0.2) is 5.96 Å². The lowest BCUT2D eigenvalue weighted by atomic mass is 10.1. The van der Waals surface area contributed by atoms with Gasteiger partial charge < -0.3 is 20.1 Å². The summed E-state index contributed by atoms with van der Waals surface area (Å²) in [7, 11) is 1.65.